The lowest BCUT2D eigenvalue weighted by molar-refractivity contribution is -0.0354. The normalized spacial score (nSPS) is 31.4. The number of hydrogen-bond acceptors (Lipinski definition) is 2. The van der Waals surface area contributed by atoms with Crippen LogP contribution in [0.1, 0.15) is 31.2 Å². The zero-order chi connectivity index (χ0) is 13.5. The third kappa shape index (κ3) is 2.79. The quantitative estimate of drug-likeness (QED) is 0.890. The molecule has 104 valence electrons. The first-order valence-electron chi connectivity index (χ1n) is 6.95. The molecule has 19 heavy (non-hydrogen) atoms. The Morgan fingerprint density at radius 3 is 2.68 bits per heavy atom. The van der Waals surface area contributed by atoms with E-state index in [-0.39, 0.29) is 0 Å². The lowest BCUT2D eigenvalue weighted by atomic mass is 9.82. The average molecular weight is 267 g/mol. The van der Waals surface area contributed by atoms with E-state index in [1.165, 1.54) is 18.6 Å². The summed E-state index contributed by atoms with van der Waals surface area (Å²) in [5.41, 5.74) is -0.266. The Morgan fingerprint density at radius 1 is 1.21 bits per heavy atom. The summed E-state index contributed by atoms with van der Waals surface area (Å²) in [5.74, 6) is -1.14. The molecule has 0 aromatic heterocycles. The van der Waals surface area contributed by atoms with Gasteiger partial charge in [0.2, 0.25) is 0 Å². The molecule has 1 N–H and O–H groups in total. The lowest BCUT2D eigenvalue weighted by Gasteiger charge is -2.41. The Morgan fingerprint density at radius 2 is 1.95 bits per heavy atom. The standard InChI is InChI=1S/C15H19F2NO/c16-12-6-11(7-13(17)8-12)9-15(19)3-5-18-4-1-2-14(18)10-15/h6-8,14,19H,1-5,9-10H2. The monoisotopic (exact) mass is 267 g/mol. The largest absolute Gasteiger partial charge is 0.389 e. The average Bonchev–Trinajstić information content (AvgIpc) is 2.73. The molecule has 0 radical (unpaired) electrons. The van der Waals surface area contributed by atoms with Crippen LogP contribution < -0.4 is 0 Å². The number of aliphatic hydroxyl groups is 1. The van der Waals surface area contributed by atoms with Crippen LogP contribution in [0.25, 0.3) is 0 Å². The minimum Gasteiger partial charge on any atom is -0.389 e. The Balaban J connectivity index is 1.74. The molecule has 2 saturated heterocycles. The Bertz CT molecular complexity index is 459. The smallest absolute Gasteiger partial charge is 0.126 e. The summed E-state index contributed by atoms with van der Waals surface area (Å²) in [6.07, 6.45) is 4.05. The number of nitrogens with zero attached hydrogens (tertiary/aromatic N) is 1. The van der Waals surface area contributed by atoms with E-state index in [1.54, 1.807) is 0 Å². The fourth-order valence-corrected chi connectivity index (χ4v) is 3.57. The Kier molecular flexibility index (Phi) is 3.31. The van der Waals surface area contributed by atoms with Crippen LogP contribution in [0.15, 0.2) is 18.2 Å². The number of piperidine rings is 1. The van der Waals surface area contributed by atoms with Crippen molar-refractivity contribution in [1.82, 2.24) is 4.90 Å². The van der Waals surface area contributed by atoms with Gasteiger partial charge in [0.1, 0.15) is 11.6 Å². The van der Waals surface area contributed by atoms with Crippen LogP contribution in [0.4, 0.5) is 8.78 Å². The molecule has 2 nitrogen and oxygen atoms in total. The van der Waals surface area contributed by atoms with Crippen molar-refractivity contribution in [3.05, 3.63) is 35.4 Å². The highest BCUT2D eigenvalue weighted by Gasteiger charge is 2.40. The van der Waals surface area contributed by atoms with E-state index in [0.29, 0.717) is 30.9 Å². The predicted octanol–water partition coefficient (Wildman–Crippen LogP) is 2.50. The Hall–Kier alpha value is -1.00. The molecule has 2 aliphatic rings. The summed E-state index contributed by atoms with van der Waals surface area (Å²) in [4.78, 5) is 2.42. The van der Waals surface area contributed by atoms with Crippen molar-refractivity contribution >= 4 is 0 Å². The third-order valence-corrected chi connectivity index (χ3v) is 4.43. The van der Waals surface area contributed by atoms with Gasteiger partial charge in [-0.05, 0) is 49.9 Å². The third-order valence-electron chi connectivity index (χ3n) is 4.43. The molecule has 4 heteroatoms. The Labute approximate surface area is 112 Å². The van der Waals surface area contributed by atoms with Crippen molar-refractivity contribution < 1.29 is 13.9 Å². The number of fused-ring (bicyclic) bond motifs is 1. The fourth-order valence-electron chi connectivity index (χ4n) is 3.57. The topological polar surface area (TPSA) is 23.5 Å². The molecule has 0 amide bonds. The number of halogens is 2. The fraction of sp³-hybridized carbons (Fsp3) is 0.600. The van der Waals surface area contributed by atoms with Gasteiger partial charge in [-0.25, -0.2) is 8.78 Å². The van der Waals surface area contributed by atoms with Gasteiger partial charge in [-0.15, -0.1) is 0 Å². The van der Waals surface area contributed by atoms with Crippen molar-refractivity contribution in [2.75, 3.05) is 13.1 Å². The van der Waals surface area contributed by atoms with Crippen LogP contribution in [-0.2, 0) is 6.42 Å². The second-order valence-corrected chi connectivity index (χ2v) is 5.96. The van der Waals surface area contributed by atoms with Crippen LogP contribution >= 0.6 is 0 Å². The molecule has 3 rings (SSSR count). The van der Waals surface area contributed by atoms with E-state index in [0.717, 1.165) is 25.6 Å². The lowest BCUT2D eigenvalue weighted by Crippen LogP contribution is -2.48. The zero-order valence-electron chi connectivity index (χ0n) is 10.9. The summed E-state index contributed by atoms with van der Waals surface area (Å²) in [7, 11) is 0. The molecule has 0 bridgehead atoms. The van der Waals surface area contributed by atoms with E-state index < -0.39 is 17.2 Å². The van der Waals surface area contributed by atoms with Crippen LogP contribution in [0.5, 0.6) is 0 Å². The van der Waals surface area contributed by atoms with Crippen molar-refractivity contribution in [1.29, 1.82) is 0 Å². The summed E-state index contributed by atoms with van der Waals surface area (Å²) < 4.78 is 26.4. The summed E-state index contributed by atoms with van der Waals surface area (Å²) in [5, 5.41) is 10.7. The van der Waals surface area contributed by atoms with Crippen molar-refractivity contribution in [3.8, 4) is 0 Å². The molecule has 2 aliphatic heterocycles. The summed E-state index contributed by atoms with van der Waals surface area (Å²) in [6.45, 7) is 2.01. The minimum atomic E-state index is -0.814. The SMILES string of the molecule is OC1(Cc2cc(F)cc(F)c2)CCN2CCCC2C1. The van der Waals surface area contributed by atoms with Crippen LogP contribution in [-0.4, -0.2) is 34.7 Å². The van der Waals surface area contributed by atoms with Gasteiger partial charge >= 0.3 is 0 Å². The molecule has 0 spiro atoms. The molecule has 1 aromatic rings. The zero-order valence-corrected chi connectivity index (χ0v) is 10.9. The molecule has 2 unspecified atom stereocenters. The van der Waals surface area contributed by atoms with Gasteiger partial charge in [-0.1, -0.05) is 0 Å². The summed E-state index contributed by atoms with van der Waals surface area (Å²) >= 11 is 0. The molecule has 0 aliphatic carbocycles. The maximum Gasteiger partial charge on any atom is 0.126 e. The van der Waals surface area contributed by atoms with Gasteiger partial charge in [0.25, 0.3) is 0 Å². The highest BCUT2D eigenvalue weighted by atomic mass is 19.1. The van der Waals surface area contributed by atoms with E-state index in [1.807, 2.05) is 0 Å². The second-order valence-electron chi connectivity index (χ2n) is 5.96. The molecule has 2 atom stereocenters. The summed E-state index contributed by atoms with van der Waals surface area (Å²) in [6, 6.07) is 3.95. The maximum absolute atomic E-state index is 13.2. The van der Waals surface area contributed by atoms with Gasteiger partial charge in [-0.3, -0.25) is 0 Å². The van der Waals surface area contributed by atoms with Gasteiger partial charge in [0.05, 0.1) is 5.60 Å². The molecule has 2 heterocycles. The number of rotatable bonds is 2. The first-order valence-corrected chi connectivity index (χ1v) is 6.95. The first kappa shape index (κ1) is 13.0. The van der Waals surface area contributed by atoms with E-state index >= 15 is 0 Å². The van der Waals surface area contributed by atoms with E-state index in [9.17, 15) is 13.9 Å². The van der Waals surface area contributed by atoms with Gasteiger partial charge < -0.3 is 10.0 Å². The molecule has 2 fully saturated rings. The molecule has 1 aromatic carbocycles. The van der Waals surface area contributed by atoms with Crippen molar-refractivity contribution in [3.63, 3.8) is 0 Å². The van der Waals surface area contributed by atoms with Crippen LogP contribution in [0.3, 0.4) is 0 Å². The molecular weight excluding hydrogens is 248 g/mol. The first-order chi connectivity index (χ1) is 9.04. The maximum atomic E-state index is 13.2. The highest BCUT2D eigenvalue weighted by Crippen LogP contribution is 2.35. The number of hydrogen-bond donors (Lipinski definition) is 1. The minimum absolute atomic E-state index is 0.339. The highest BCUT2D eigenvalue weighted by molar-refractivity contribution is 5.20. The molecular formula is C15H19F2NO. The van der Waals surface area contributed by atoms with E-state index in [2.05, 4.69) is 4.90 Å². The predicted molar refractivity (Wildman–Crippen MR) is 68.8 cm³/mol. The number of benzene rings is 1. The van der Waals surface area contributed by atoms with Gasteiger partial charge in [0.15, 0.2) is 0 Å². The van der Waals surface area contributed by atoms with Crippen molar-refractivity contribution in [2.24, 2.45) is 0 Å². The van der Waals surface area contributed by atoms with Gasteiger partial charge in [-0.2, -0.15) is 0 Å². The molecule has 0 saturated carbocycles. The van der Waals surface area contributed by atoms with Crippen LogP contribution in [0, 0.1) is 11.6 Å². The van der Waals surface area contributed by atoms with Crippen LogP contribution in [0.2, 0.25) is 0 Å². The van der Waals surface area contributed by atoms with E-state index in [4.69, 9.17) is 0 Å². The van der Waals surface area contributed by atoms with Gasteiger partial charge in [0, 0.05) is 25.1 Å². The second kappa shape index (κ2) is 4.84. The van der Waals surface area contributed by atoms with Crippen molar-refractivity contribution in [2.45, 2.75) is 43.7 Å².